The highest BCUT2D eigenvalue weighted by Gasteiger charge is 2.31. The van der Waals surface area contributed by atoms with E-state index in [0.29, 0.717) is 0 Å². The van der Waals surface area contributed by atoms with Crippen molar-refractivity contribution in [2.24, 2.45) is 0 Å². The fourth-order valence-electron chi connectivity index (χ4n) is 3.06. The van der Waals surface area contributed by atoms with E-state index < -0.39 is 35.3 Å². The second-order valence-corrected chi connectivity index (χ2v) is 6.53. The van der Waals surface area contributed by atoms with Gasteiger partial charge in [-0.1, -0.05) is 0 Å². The SMILES string of the molecule is CCOC(=O)C(=O)Nc1ccc2c(c1)C(=O)c1ccc(NC(=O)C(=O)OCC)cc1C2=O. The van der Waals surface area contributed by atoms with Crippen LogP contribution in [0, 0.1) is 0 Å². The third-order valence-corrected chi connectivity index (χ3v) is 4.46. The monoisotopic (exact) mass is 438 g/mol. The first-order valence-electron chi connectivity index (χ1n) is 9.60. The van der Waals surface area contributed by atoms with Crippen LogP contribution in [0.25, 0.3) is 0 Å². The summed E-state index contributed by atoms with van der Waals surface area (Å²) in [7, 11) is 0. The summed E-state index contributed by atoms with van der Waals surface area (Å²) in [5.41, 5.74) is 0.561. The third kappa shape index (κ3) is 4.38. The van der Waals surface area contributed by atoms with E-state index >= 15 is 0 Å². The summed E-state index contributed by atoms with van der Waals surface area (Å²) in [5.74, 6) is -5.13. The average molecular weight is 438 g/mol. The van der Waals surface area contributed by atoms with Crippen molar-refractivity contribution in [2.45, 2.75) is 13.8 Å². The fourth-order valence-corrected chi connectivity index (χ4v) is 3.06. The minimum atomic E-state index is -1.07. The molecule has 2 aromatic rings. The molecule has 32 heavy (non-hydrogen) atoms. The number of ketones is 2. The molecule has 0 aromatic heterocycles. The number of esters is 2. The quantitative estimate of drug-likeness (QED) is 0.460. The van der Waals surface area contributed by atoms with Crippen molar-refractivity contribution in [3.05, 3.63) is 58.7 Å². The topological polar surface area (TPSA) is 145 Å². The van der Waals surface area contributed by atoms with Crippen LogP contribution in [0.2, 0.25) is 0 Å². The van der Waals surface area contributed by atoms with Crippen LogP contribution in [0.4, 0.5) is 11.4 Å². The van der Waals surface area contributed by atoms with E-state index in [-0.39, 0.29) is 46.8 Å². The highest BCUT2D eigenvalue weighted by atomic mass is 16.5. The van der Waals surface area contributed by atoms with Crippen molar-refractivity contribution >= 4 is 46.7 Å². The van der Waals surface area contributed by atoms with E-state index in [2.05, 4.69) is 20.1 Å². The molecule has 0 bridgehead atoms. The first kappa shape index (κ1) is 22.3. The maximum atomic E-state index is 12.9. The van der Waals surface area contributed by atoms with E-state index in [0.717, 1.165) is 0 Å². The number of carbonyl (C=O) groups is 6. The molecule has 0 heterocycles. The number of rotatable bonds is 4. The molecule has 0 atom stereocenters. The molecule has 2 amide bonds. The van der Waals surface area contributed by atoms with Gasteiger partial charge in [0.1, 0.15) is 0 Å². The van der Waals surface area contributed by atoms with E-state index in [9.17, 15) is 28.8 Å². The van der Waals surface area contributed by atoms with Crippen molar-refractivity contribution in [1.29, 1.82) is 0 Å². The van der Waals surface area contributed by atoms with Gasteiger partial charge in [-0.2, -0.15) is 0 Å². The highest BCUT2D eigenvalue weighted by molar-refractivity contribution is 6.38. The van der Waals surface area contributed by atoms with Gasteiger partial charge in [0.25, 0.3) is 0 Å². The van der Waals surface area contributed by atoms with Crippen molar-refractivity contribution in [1.82, 2.24) is 0 Å². The van der Waals surface area contributed by atoms with Crippen molar-refractivity contribution in [2.75, 3.05) is 23.8 Å². The van der Waals surface area contributed by atoms with Gasteiger partial charge >= 0.3 is 23.8 Å². The van der Waals surface area contributed by atoms with Crippen molar-refractivity contribution in [3.8, 4) is 0 Å². The summed E-state index contributed by atoms with van der Waals surface area (Å²) in [6, 6.07) is 8.04. The maximum absolute atomic E-state index is 12.9. The molecular weight excluding hydrogens is 420 g/mol. The number of nitrogens with one attached hydrogen (secondary N) is 2. The Kier molecular flexibility index (Phi) is 6.43. The van der Waals surface area contributed by atoms with Crippen LogP contribution < -0.4 is 10.6 Å². The van der Waals surface area contributed by atoms with Crippen molar-refractivity contribution < 1.29 is 38.2 Å². The summed E-state index contributed by atoms with van der Waals surface area (Å²) < 4.78 is 9.22. The molecule has 0 saturated carbocycles. The van der Waals surface area contributed by atoms with E-state index in [4.69, 9.17) is 0 Å². The van der Waals surface area contributed by atoms with Gasteiger partial charge in [0.05, 0.1) is 13.2 Å². The Hall–Kier alpha value is -4.34. The van der Waals surface area contributed by atoms with Gasteiger partial charge in [0.2, 0.25) is 0 Å². The zero-order chi connectivity index (χ0) is 23.4. The Morgan fingerprint density at radius 3 is 1.38 bits per heavy atom. The van der Waals surface area contributed by atoms with Gasteiger partial charge in [-0.25, -0.2) is 9.59 Å². The lowest BCUT2D eigenvalue weighted by molar-refractivity contribution is -0.152. The predicted molar refractivity (Wildman–Crippen MR) is 110 cm³/mol. The lowest BCUT2D eigenvalue weighted by Gasteiger charge is -2.19. The van der Waals surface area contributed by atoms with E-state index in [1.807, 2.05) is 0 Å². The molecule has 164 valence electrons. The van der Waals surface area contributed by atoms with E-state index in [1.165, 1.54) is 36.4 Å². The Morgan fingerprint density at radius 2 is 1.03 bits per heavy atom. The first-order chi connectivity index (χ1) is 15.3. The zero-order valence-corrected chi connectivity index (χ0v) is 17.1. The molecule has 0 unspecified atom stereocenters. The molecule has 0 aliphatic heterocycles. The van der Waals surface area contributed by atoms with Gasteiger partial charge in [-0.05, 0) is 50.2 Å². The maximum Gasteiger partial charge on any atom is 0.397 e. The van der Waals surface area contributed by atoms with Gasteiger partial charge in [0, 0.05) is 33.6 Å². The molecule has 2 aromatic carbocycles. The van der Waals surface area contributed by atoms with E-state index in [1.54, 1.807) is 13.8 Å². The standard InChI is InChI=1S/C22H18N2O8/c1-3-31-21(29)19(27)23-11-5-7-13-15(9-11)17(25)14-8-6-12(10-16(14)18(13)26)24-20(28)22(30)32-4-2/h5-10H,3-4H2,1-2H3,(H,23,27)(H,24,28). The summed E-state index contributed by atoms with van der Waals surface area (Å²) >= 11 is 0. The summed E-state index contributed by atoms with van der Waals surface area (Å²) in [4.78, 5) is 72.5. The number of ether oxygens (including phenoxy) is 2. The Morgan fingerprint density at radius 1 is 0.656 bits per heavy atom. The van der Waals surface area contributed by atoms with Gasteiger partial charge in [-0.15, -0.1) is 0 Å². The average Bonchev–Trinajstić information content (AvgIpc) is 2.77. The highest BCUT2D eigenvalue weighted by Crippen LogP contribution is 2.31. The Bertz CT molecular complexity index is 1080. The predicted octanol–water partition coefficient (Wildman–Crippen LogP) is 1.47. The number of anilines is 2. The molecule has 1 aliphatic carbocycles. The first-order valence-corrected chi connectivity index (χ1v) is 9.60. The minimum absolute atomic E-state index is 0.0302. The Labute approximate surface area is 181 Å². The summed E-state index contributed by atoms with van der Waals surface area (Å²) in [6.45, 7) is 3.17. The lowest BCUT2D eigenvalue weighted by atomic mass is 9.83. The summed E-state index contributed by atoms with van der Waals surface area (Å²) in [6.07, 6.45) is 0. The van der Waals surface area contributed by atoms with Crippen LogP contribution in [-0.2, 0) is 28.7 Å². The molecule has 0 saturated heterocycles. The number of benzene rings is 2. The number of hydrogen-bond donors (Lipinski definition) is 2. The molecule has 0 spiro atoms. The molecule has 0 radical (unpaired) electrons. The van der Waals surface area contributed by atoms with Gasteiger partial charge in [-0.3, -0.25) is 19.2 Å². The van der Waals surface area contributed by atoms with Crippen LogP contribution in [0.5, 0.6) is 0 Å². The van der Waals surface area contributed by atoms with Gasteiger partial charge in [0.15, 0.2) is 11.6 Å². The lowest BCUT2D eigenvalue weighted by Crippen LogP contribution is -2.26. The normalized spacial score (nSPS) is 11.7. The smallest absolute Gasteiger partial charge is 0.397 e. The van der Waals surface area contributed by atoms with Crippen LogP contribution in [-0.4, -0.2) is 48.5 Å². The molecule has 1 aliphatic rings. The fraction of sp³-hybridized carbons (Fsp3) is 0.182. The summed E-state index contributed by atoms with van der Waals surface area (Å²) in [5, 5.41) is 4.64. The molecule has 2 N–H and O–H groups in total. The molecule has 3 rings (SSSR count). The number of amides is 2. The molecule has 10 heteroatoms. The van der Waals surface area contributed by atoms with Crippen LogP contribution in [0.15, 0.2) is 36.4 Å². The number of carbonyl (C=O) groups excluding carboxylic acids is 6. The zero-order valence-electron chi connectivity index (χ0n) is 17.1. The Balaban J connectivity index is 1.86. The van der Waals surface area contributed by atoms with Crippen molar-refractivity contribution in [3.63, 3.8) is 0 Å². The molecule has 0 fully saturated rings. The molecular formula is C22H18N2O8. The van der Waals surface area contributed by atoms with Crippen LogP contribution in [0.1, 0.15) is 45.7 Å². The van der Waals surface area contributed by atoms with Crippen LogP contribution in [0.3, 0.4) is 0 Å². The van der Waals surface area contributed by atoms with Gasteiger partial charge < -0.3 is 20.1 Å². The largest absolute Gasteiger partial charge is 0.459 e. The number of hydrogen-bond acceptors (Lipinski definition) is 8. The van der Waals surface area contributed by atoms with Crippen LogP contribution >= 0.6 is 0 Å². The minimum Gasteiger partial charge on any atom is -0.459 e. The second kappa shape index (κ2) is 9.21. The molecule has 10 nitrogen and oxygen atoms in total. The third-order valence-electron chi connectivity index (χ3n) is 4.46. The second-order valence-electron chi connectivity index (χ2n) is 6.53. The number of fused-ring (bicyclic) bond motifs is 2.